The van der Waals surface area contributed by atoms with Crippen molar-refractivity contribution in [2.75, 3.05) is 0 Å². The Hall–Kier alpha value is -2.36. The number of aromatic hydroxyl groups is 1. The molecule has 0 saturated carbocycles. The van der Waals surface area contributed by atoms with E-state index in [4.69, 9.17) is 0 Å². The number of phenols is 1. The van der Waals surface area contributed by atoms with E-state index in [0.29, 0.717) is 11.1 Å². The van der Waals surface area contributed by atoms with E-state index in [1.165, 1.54) is 6.07 Å². The normalized spacial score (nSPS) is 11.9. The molecule has 1 atom stereocenters. The van der Waals surface area contributed by atoms with Gasteiger partial charge in [0.2, 0.25) is 0 Å². The molecule has 98 valence electrons. The molecule has 0 bridgehead atoms. The lowest BCUT2D eigenvalue weighted by molar-refractivity contribution is 0.0939. The van der Waals surface area contributed by atoms with Crippen molar-refractivity contribution in [3.05, 3.63) is 59.4 Å². The first-order valence-electron chi connectivity index (χ1n) is 6.08. The first-order valence-corrected chi connectivity index (χ1v) is 6.08. The summed E-state index contributed by atoms with van der Waals surface area (Å²) in [6, 6.07) is 8.44. The molecule has 4 nitrogen and oxygen atoms in total. The predicted octanol–water partition coefficient (Wildman–Crippen LogP) is 2.59. The van der Waals surface area contributed by atoms with Crippen molar-refractivity contribution >= 4 is 5.91 Å². The molecule has 1 unspecified atom stereocenters. The van der Waals surface area contributed by atoms with Crippen LogP contribution in [0, 0.1) is 6.92 Å². The number of nitrogens with one attached hydrogen (secondary N) is 1. The van der Waals surface area contributed by atoms with E-state index in [1.54, 1.807) is 31.5 Å². The fourth-order valence-electron chi connectivity index (χ4n) is 1.79. The fraction of sp³-hybridized carbons (Fsp3) is 0.200. The highest BCUT2D eigenvalue weighted by Gasteiger charge is 2.12. The van der Waals surface area contributed by atoms with Gasteiger partial charge in [-0.3, -0.25) is 9.78 Å². The number of carbonyl (C=O) groups is 1. The lowest BCUT2D eigenvalue weighted by atomic mass is 10.1. The molecule has 0 saturated heterocycles. The first-order chi connectivity index (χ1) is 9.08. The molecule has 1 aromatic carbocycles. The summed E-state index contributed by atoms with van der Waals surface area (Å²) in [4.78, 5) is 16.1. The maximum atomic E-state index is 12.1. The average molecular weight is 256 g/mol. The number of pyridine rings is 1. The van der Waals surface area contributed by atoms with Crippen molar-refractivity contribution in [3.8, 4) is 5.75 Å². The number of benzene rings is 1. The van der Waals surface area contributed by atoms with Gasteiger partial charge in [-0.25, -0.2) is 0 Å². The van der Waals surface area contributed by atoms with Crippen LogP contribution < -0.4 is 5.32 Å². The topological polar surface area (TPSA) is 62.2 Å². The Morgan fingerprint density at radius 1 is 1.37 bits per heavy atom. The van der Waals surface area contributed by atoms with Gasteiger partial charge in [-0.15, -0.1) is 0 Å². The molecule has 0 radical (unpaired) electrons. The van der Waals surface area contributed by atoms with Crippen LogP contribution in [0.2, 0.25) is 0 Å². The zero-order valence-corrected chi connectivity index (χ0v) is 10.9. The second-order valence-corrected chi connectivity index (χ2v) is 4.48. The van der Waals surface area contributed by atoms with E-state index in [0.717, 1.165) is 5.56 Å². The number of carbonyl (C=O) groups excluding carboxylic acids is 1. The lowest BCUT2D eigenvalue weighted by Gasteiger charge is -2.14. The molecule has 0 aliphatic rings. The molecule has 2 rings (SSSR count). The smallest absolute Gasteiger partial charge is 0.251 e. The van der Waals surface area contributed by atoms with Crippen molar-refractivity contribution in [2.45, 2.75) is 19.9 Å². The number of rotatable bonds is 3. The lowest BCUT2D eigenvalue weighted by Crippen LogP contribution is -2.26. The van der Waals surface area contributed by atoms with Gasteiger partial charge < -0.3 is 10.4 Å². The highest BCUT2D eigenvalue weighted by Crippen LogP contribution is 2.18. The summed E-state index contributed by atoms with van der Waals surface area (Å²) in [6.07, 6.45) is 3.42. The Kier molecular flexibility index (Phi) is 3.80. The minimum atomic E-state index is -0.167. The number of aromatic nitrogens is 1. The first kappa shape index (κ1) is 13.1. The van der Waals surface area contributed by atoms with Crippen LogP contribution in [0.1, 0.15) is 34.5 Å². The van der Waals surface area contributed by atoms with Crippen LogP contribution in [0.5, 0.6) is 5.75 Å². The molecule has 0 spiro atoms. The molecule has 0 aliphatic heterocycles. The maximum absolute atomic E-state index is 12.1. The zero-order valence-electron chi connectivity index (χ0n) is 10.9. The predicted molar refractivity (Wildman–Crippen MR) is 73.0 cm³/mol. The van der Waals surface area contributed by atoms with Crippen molar-refractivity contribution in [3.63, 3.8) is 0 Å². The number of hydrogen-bond acceptors (Lipinski definition) is 3. The molecular formula is C15H16N2O2. The van der Waals surface area contributed by atoms with E-state index in [2.05, 4.69) is 10.3 Å². The van der Waals surface area contributed by atoms with E-state index in [1.807, 2.05) is 19.1 Å². The molecule has 1 amide bonds. The second kappa shape index (κ2) is 5.52. The Bertz CT molecular complexity index is 582. The average Bonchev–Trinajstić information content (AvgIpc) is 2.42. The van der Waals surface area contributed by atoms with Gasteiger partial charge in [0.25, 0.3) is 5.91 Å². The minimum absolute atomic E-state index is 0.115. The Morgan fingerprint density at radius 2 is 2.16 bits per heavy atom. The molecule has 1 aromatic heterocycles. The second-order valence-electron chi connectivity index (χ2n) is 4.48. The van der Waals surface area contributed by atoms with Gasteiger partial charge in [-0.2, -0.15) is 0 Å². The molecule has 0 aliphatic carbocycles. The molecular weight excluding hydrogens is 240 g/mol. The van der Waals surface area contributed by atoms with Crippen LogP contribution in [0.4, 0.5) is 0 Å². The number of phenolic OH excluding ortho intramolecular Hbond substituents is 1. The quantitative estimate of drug-likeness (QED) is 0.887. The third-order valence-electron chi connectivity index (χ3n) is 2.99. The monoisotopic (exact) mass is 256 g/mol. The van der Waals surface area contributed by atoms with Crippen molar-refractivity contribution in [2.24, 2.45) is 0 Å². The molecule has 19 heavy (non-hydrogen) atoms. The van der Waals surface area contributed by atoms with Crippen molar-refractivity contribution in [1.82, 2.24) is 10.3 Å². The Balaban J connectivity index is 2.11. The number of nitrogens with zero attached hydrogens (tertiary/aromatic N) is 1. The van der Waals surface area contributed by atoms with Gasteiger partial charge in [0.05, 0.1) is 6.04 Å². The number of amides is 1. The summed E-state index contributed by atoms with van der Waals surface area (Å²) in [5, 5.41) is 12.3. The summed E-state index contributed by atoms with van der Waals surface area (Å²) in [7, 11) is 0. The number of aryl methyl sites for hydroxylation is 1. The van der Waals surface area contributed by atoms with Gasteiger partial charge in [0.15, 0.2) is 0 Å². The van der Waals surface area contributed by atoms with E-state index >= 15 is 0 Å². The van der Waals surface area contributed by atoms with Crippen molar-refractivity contribution in [1.29, 1.82) is 0 Å². The van der Waals surface area contributed by atoms with Crippen LogP contribution >= 0.6 is 0 Å². The van der Waals surface area contributed by atoms with Gasteiger partial charge in [0.1, 0.15) is 5.75 Å². The SMILES string of the molecule is Cc1cc(C(=O)NC(C)c2cccnc2)ccc1O. The Morgan fingerprint density at radius 3 is 2.79 bits per heavy atom. The van der Waals surface area contributed by atoms with E-state index in [-0.39, 0.29) is 17.7 Å². The van der Waals surface area contributed by atoms with Crippen LogP contribution in [0.25, 0.3) is 0 Å². The van der Waals surface area contributed by atoms with Gasteiger partial charge in [-0.05, 0) is 49.2 Å². The molecule has 2 N–H and O–H groups in total. The van der Waals surface area contributed by atoms with Gasteiger partial charge >= 0.3 is 0 Å². The third-order valence-corrected chi connectivity index (χ3v) is 2.99. The summed E-state index contributed by atoms with van der Waals surface area (Å²) in [5.74, 6) is 0.0244. The fourth-order valence-corrected chi connectivity index (χ4v) is 1.79. The molecule has 1 heterocycles. The van der Waals surface area contributed by atoms with Crippen LogP contribution in [-0.4, -0.2) is 16.0 Å². The Labute approximate surface area is 112 Å². The van der Waals surface area contributed by atoms with E-state index in [9.17, 15) is 9.90 Å². The maximum Gasteiger partial charge on any atom is 0.251 e. The largest absolute Gasteiger partial charge is 0.508 e. The molecule has 4 heteroatoms. The summed E-state index contributed by atoms with van der Waals surface area (Å²) < 4.78 is 0. The highest BCUT2D eigenvalue weighted by atomic mass is 16.3. The zero-order chi connectivity index (χ0) is 13.8. The molecule has 0 fully saturated rings. The van der Waals surface area contributed by atoms with Crippen LogP contribution in [-0.2, 0) is 0 Å². The minimum Gasteiger partial charge on any atom is -0.508 e. The number of hydrogen-bond donors (Lipinski definition) is 2. The molecule has 2 aromatic rings. The summed E-state index contributed by atoms with van der Waals surface area (Å²) in [5.41, 5.74) is 2.17. The van der Waals surface area contributed by atoms with Gasteiger partial charge in [0, 0.05) is 18.0 Å². The summed E-state index contributed by atoms with van der Waals surface area (Å²) in [6.45, 7) is 3.67. The van der Waals surface area contributed by atoms with Crippen LogP contribution in [0.3, 0.4) is 0 Å². The van der Waals surface area contributed by atoms with E-state index < -0.39 is 0 Å². The standard InChI is InChI=1S/C15H16N2O2/c1-10-8-12(5-6-14(10)18)15(19)17-11(2)13-4-3-7-16-9-13/h3-9,11,18H,1-2H3,(H,17,19). The highest BCUT2D eigenvalue weighted by molar-refractivity contribution is 5.94. The third kappa shape index (κ3) is 3.10. The van der Waals surface area contributed by atoms with Crippen molar-refractivity contribution < 1.29 is 9.90 Å². The summed E-state index contributed by atoms with van der Waals surface area (Å²) >= 11 is 0. The van der Waals surface area contributed by atoms with Gasteiger partial charge in [-0.1, -0.05) is 6.07 Å². The van der Waals surface area contributed by atoms with Crippen LogP contribution in [0.15, 0.2) is 42.7 Å².